The zero-order valence-electron chi connectivity index (χ0n) is 6.00. The third kappa shape index (κ3) is 29.6. The van der Waals surface area contributed by atoms with Crippen molar-refractivity contribution in [2.24, 2.45) is 0 Å². The number of alkyl halides is 1. The fourth-order valence-corrected chi connectivity index (χ4v) is 0.354. The van der Waals surface area contributed by atoms with Gasteiger partial charge in [0.2, 0.25) is 0 Å². The summed E-state index contributed by atoms with van der Waals surface area (Å²) in [6.07, 6.45) is 2.59. The molecule has 0 heterocycles. The molecule has 0 saturated heterocycles. The SMILES string of the molecule is C.CBr.CCCCNC.[2HH]. The summed E-state index contributed by atoms with van der Waals surface area (Å²) in [6, 6.07) is 0. The molecule has 0 atom stereocenters. The van der Waals surface area contributed by atoms with Crippen molar-refractivity contribution < 1.29 is 1.43 Å². The third-order valence-corrected chi connectivity index (χ3v) is 0.780. The lowest BCUT2D eigenvalue weighted by atomic mass is 10.3. The quantitative estimate of drug-likeness (QED) is 0.546. The molecular weight excluding hydrogens is 178 g/mol. The summed E-state index contributed by atoms with van der Waals surface area (Å²) in [5.41, 5.74) is 0. The number of halogens is 1. The Balaban J connectivity index is -0.0000000412. The average molecular weight is 201 g/mol. The van der Waals surface area contributed by atoms with E-state index in [0.29, 0.717) is 0 Å². The predicted octanol–water partition coefficient (Wildman–Crippen LogP) is 2.90. The summed E-state index contributed by atoms with van der Waals surface area (Å²) < 4.78 is 0. The molecule has 2 heteroatoms. The second kappa shape index (κ2) is 23.7. The van der Waals surface area contributed by atoms with Gasteiger partial charge in [-0.05, 0) is 25.8 Å². The third-order valence-electron chi connectivity index (χ3n) is 0.780. The Morgan fingerprint density at radius 2 is 1.89 bits per heavy atom. The zero-order chi connectivity index (χ0) is 6.83. The van der Waals surface area contributed by atoms with E-state index in [-0.39, 0.29) is 8.85 Å². The first-order chi connectivity index (χ1) is 3.91. The van der Waals surface area contributed by atoms with E-state index in [1.165, 1.54) is 12.8 Å². The van der Waals surface area contributed by atoms with E-state index in [9.17, 15) is 0 Å². The summed E-state index contributed by atoms with van der Waals surface area (Å²) >= 11 is 2.94. The zero-order valence-corrected chi connectivity index (χ0v) is 7.59. The summed E-state index contributed by atoms with van der Waals surface area (Å²) in [7, 11) is 1.98. The van der Waals surface area contributed by atoms with Crippen molar-refractivity contribution >= 4 is 15.9 Å². The van der Waals surface area contributed by atoms with Gasteiger partial charge in [-0.15, -0.1) is 0 Å². The molecule has 0 aromatic carbocycles. The first-order valence-electron chi connectivity index (χ1n) is 2.94. The highest BCUT2D eigenvalue weighted by Crippen LogP contribution is 1.79. The molecule has 0 aliphatic rings. The van der Waals surface area contributed by atoms with Crippen molar-refractivity contribution in [2.45, 2.75) is 27.2 Å². The van der Waals surface area contributed by atoms with Crippen LogP contribution in [0, 0.1) is 0 Å². The monoisotopic (exact) mass is 200 g/mol. The van der Waals surface area contributed by atoms with Crippen LogP contribution in [0.25, 0.3) is 0 Å². The molecule has 0 saturated carbocycles. The van der Waals surface area contributed by atoms with Gasteiger partial charge >= 0.3 is 0 Å². The predicted molar refractivity (Wildman–Crippen MR) is 52.5 cm³/mol. The van der Waals surface area contributed by atoms with Crippen LogP contribution < -0.4 is 5.32 Å². The summed E-state index contributed by atoms with van der Waals surface area (Å²) in [5.74, 6) is 1.81. The molecule has 0 aromatic rings. The number of nitrogens with one attached hydrogen (secondary N) is 1. The van der Waals surface area contributed by atoms with Gasteiger partial charge in [0.1, 0.15) is 0 Å². The summed E-state index contributed by atoms with van der Waals surface area (Å²) in [5, 5.41) is 3.07. The Hall–Kier alpha value is 0.440. The second-order valence-electron chi connectivity index (χ2n) is 1.46. The first-order valence-corrected chi connectivity index (χ1v) is 4.52. The Bertz CT molecular complexity index is 25.6. The normalized spacial score (nSPS) is 6.67. The van der Waals surface area contributed by atoms with Gasteiger partial charge in [-0.2, -0.15) is 0 Å². The van der Waals surface area contributed by atoms with Crippen molar-refractivity contribution in [3.8, 4) is 0 Å². The topological polar surface area (TPSA) is 12.0 Å². The molecule has 0 spiro atoms. The first kappa shape index (κ1) is 16.2. The maximum atomic E-state index is 3.07. The van der Waals surface area contributed by atoms with Gasteiger partial charge in [-0.1, -0.05) is 36.7 Å². The van der Waals surface area contributed by atoms with Crippen LogP contribution in [-0.2, 0) is 0 Å². The smallest absolute Gasteiger partial charge is 0 e. The molecule has 0 bridgehead atoms. The number of rotatable bonds is 3. The van der Waals surface area contributed by atoms with Gasteiger partial charge < -0.3 is 5.32 Å². The van der Waals surface area contributed by atoms with Gasteiger partial charge in [0.05, 0.1) is 0 Å². The van der Waals surface area contributed by atoms with Crippen molar-refractivity contribution in [3.05, 3.63) is 0 Å². The van der Waals surface area contributed by atoms with E-state index in [0.717, 1.165) is 6.54 Å². The minimum atomic E-state index is 0. The van der Waals surface area contributed by atoms with Gasteiger partial charge in [0, 0.05) is 1.43 Å². The number of unbranched alkanes of at least 4 members (excludes halogenated alkanes) is 1. The molecule has 1 nitrogen and oxygen atoms in total. The van der Waals surface area contributed by atoms with Crippen molar-refractivity contribution in [3.63, 3.8) is 0 Å². The Kier molecular flexibility index (Phi) is 42.7. The van der Waals surface area contributed by atoms with Gasteiger partial charge in [0.25, 0.3) is 0 Å². The van der Waals surface area contributed by atoms with Crippen LogP contribution in [0.15, 0.2) is 0 Å². The van der Waals surface area contributed by atoms with Crippen LogP contribution in [0.4, 0.5) is 0 Å². The lowest BCUT2D eigenvalue weighted by Gasteiger charge is -1.89. The summed E-state index contributed by atoms with van der Waals surface area (Å²) in [6.45, 7) is 3.36. The Morgan fingerprint density at radius 1 is 1.44 bits per heavy atom. The molecule has 0 aliphatic heterocycles. The summed E-state index contributed by atoms with van der Waals surface area (Å²) in [4.78, 5) is 0. The fourth-order valence-electron chi connectivity index (χ4n) is 0.354. The van der Waals surface area contributed by atoms with Crippen LogP contribution in [0.1, 0.15) is 28.6 Å². The van der Waals surface area contributed by atoms with Crippen LogP contribution >= 0.6 is 15.9 Å². The maximum Gasteiger partial charge on any atom is 0 e. The standard InChI is InChI=1S/C5H13N.CH3Br.CH4.H2/c1-3-4-5-6-2;1-2;;/h6H,3-5H2,1-2H3;1H3;1H4;1H/i;;;1+1. The van der Waals surface area contributed by atoms with Gasteiger partial charge in [-0.25, -0.2) is 0 Å². The minimum Gasteiger partial charge on any atom is -0.320 e. The Labute approximate surface area is 69.8 Å². The molecule has 1 N–H and O–H groups in total. The van der Waals surface area contributed by atoms with Crippen molar-refractivity contribution in [1.82, 2.24) is 5.32 Å². The highest BCUT2D eigenvalue weighted by atomic mass is 79.9. The molecule has 0 radical (unpaired) electrons. The van der Waals surface area contributed by atoms with E-state index < -0.39 is 0 Å². The number of hydrogen-bond acceptors (Lipinski definition) is 1. The lowest BCUT2D eigenvalue weighted by Crippen LogP contribution is -2.06. The molecule has 62 valence electrons. The van der Waals surface area contributed by atoms with Gasteiger partial charge in [0.15, 0.2) is 0 Å². The second-order valence-corrected chi connectivity index (χ2v) is 1.46. The fraction of sp³-hybridized carbons (Fsp3) is 1.00. The average Bonchev–Trinajstić information content (AvgIpc) is 1.88. The molecule has 0 aliphatic carbocycles. The molecule has 0 fully saturated rings. The molecule has 0 rings (SSSR count). The van der Waals surface area contributed by atoms with Gasteiger partial charge in [-0.3, -0.25) is 0 Å². The molecule has 0 unspecified atom stereocenters. The highest BCUT2D eigenvalue weighted by Gasteiger charge is 1.73. The molecule has 0 amide bonds. The largest absolute Gasteiger partial charge is 0.320 e. The van der Waals surface area contributed by atoms with E-state index in [1.807, 2.05) is 12.9 Å². The van der Waals surface area contributed by atoms with E-state index >= 15 is 0 Å². The number of hydrogen-bond donors (Lipinski definition) is 1. The van der Waals surface area contributed by atoms with Crippen molar-refractivity contribution in [1.29, 1.82) is 0 Å². The van der Waals surface area contributed by atoms with Crippen LogP contribution in [0.2, 0.25) is 0 Å². The van der Waals surface area contributed by atoms with Crippen LogP contribution in [-0.4, -0.2) is 19.4 Å². The van der Waals surface area contributed by atoms with Crippen molar-refractivity contribution in [2.75, 3.05) is 19.4 Å². The highest BCUT2D eigenvalue weighted by molar-refractivity contribution is 9.08. The molecular formula is C7H22BrN. The van der Waals surface area contributed by atoms with E-state index in [2.05, 4.69) is 28.2 Å². The van der Waals surface area contributed by atoms with Crippen LogP contribution in [0.5, 0.6) is 0 Å². The molecule has 9 heavy (non-hydrogen) atoms. The lowest BCUT2D eigenvalue weighted by molar-refractivity contribution is 0.711. The maximum absolute atomic E-state index is 3.07. The Morgan fingerprint density at radius 3 is 2.00 bits per heavy atom. The van der Waals surface area contributed by atoms with Crippen LogP contribution in [0.3, 0.4) is 0 Å². The van der Waals surface area contributed by atoms with E-state index in [4.69, 9.17) is 0 Å². The molecule has 0 aromatic heterocycles. The van der Waals surface area contributed by atoms with E-state index in [1.54, 1.807) is 0 Å². The minimum absolute atomic E-state index is 0.